The van der Waals surface area contributed by atoms with Crippen molar-refractivity contribution >= 4 is 21.6 Å². The summed E-state index contributed by atoms with van der Waals surface area (Å²) in [7, 11) is 0. The summed E-state index contributed by atoms with van der Waals surface area (Å²) in [6, 6.07) is 0. The van der Waals surface area contributed by atoms with Crippen LogP contribution in [0.1, 0.15) is 48.2 Å². The summed E-state index contributed by atoms with van der Waals surface area (Å²) in [5, 5.41) is 7.90. The van der Waals surface area contributed by atoms with Crippen LogP contribution in [-0.4, -0.2) is 15.2 Å². The Morgan fingerprint density at radius 1 is 1.19 bits per heavy atom. The SMILES string of the molecule is O=c1[nH]nc(C2CC2)c2nc(C3CC3)sc12. The van der Waals surface area contributed by atoms with Gasteiger partial charge < -0.3 is 0 Å². The molecule has 0 atom stereocenters. The van der Waals surface area contributed by atoms with Crippen molar-refractivity contribution in [3.63, 3.8) is 0 Å². The van der Waals surface area contributed by atoms with Crippen LogP contribution in [-0.2, 0) is 0 Å². The van der Waals surface area contributed by atoms with Crippen molar-refractivity contribution in [2.75, 3.05) is 0 Å². The molecule has 2 heterocycles. The first kappa shape index (κ1) is 8.87. The predicted molar refractivity (Wildman–Crippen MR) is 62.0 cm³/mol. The quantitative estimate of drug-likeness (QED) is 0.864. The summed E-state index contributed by atoms with van der Waals surface area (Å²) in [4.78, 5) is 16.3. The molecule has 0 bridgehead atoms. The minimum absolute atomic E-state index is 0.0798. The second-order valence-corrected chi connectivity index (χ2v) is 5.75. The number of rotatable bonds is 2. The molecule has 5 heteroatoms. The highest BCUT2D eigenvalue weighted by molar-refractivity contribution is 7.18. The zero-order valence-electron chi connectivity index (χ0n) is 8.69. The molecule has 0 aromatic carbocycles. The number of fused-ring (bicyclic) bond motifs is 1. The second kappa shape index (κ2) is 2.91. The minimum Gasteiger partial charge on any atom is -0.266 e. The lowest BCUT2D eigenvalue weighted by Crippen LogP contribution is -2.09. The fraction of sp³-hybridized carbons (Fsp3) is 0.545. The van der Waals surface area contributed by atoms with Gasteiger partial charge >= 0.3 is 0 Å². The van der Waals surface area contributed by atoms with Gasteiger partial charge in [-0.1, -0.05) is 0 Å². The number of thiazole rings is 1. The number of hydrogen-bond donors (Lipinski definition) is 1. The van der Waals surface area contributed by atoms with Crippen molar-refractivity contribution < 1.29 is 0 Å². The first-order valence-corrected chi connectivity index (χ1v) is 6.53. The third-order valence-corrected chi connectivity index (χ3v) is 4.48. The van der Waals surface area contributed by atoms with E-state index >= 15 is 0 Å². The standard InChI is InChI=1S/C11H11N3OS/c15-10-9-8(7(13-14-10)5-1-2-5)12-11(16-9)6-3-4-6/h5-6H,1-4H2,(H,14,15). The Labute approximate surface area is 95.7 Å². The van der Waals surface area contributed by atoms with Gasteiger partial charge in [0.05, 0.1) is 10.7 Å². The van der Waals surface area contributed by atoms with E-state index in [2.05, 4.69) is 15.2 Å². The van der Waals surface area contributed by atoms with Gasteiger partial charge in [-0.15, -0.1) is 11.3 Å². The average molecular weight is 233 g/mol. The van der Waals surface area contributed by atoms with E-state index in [0.717, 1.165) is 20.9 Å². The molecule has 16 heavy (non-hydrogen) atoms. The highest BCUT2D eigenvalue weighted by Crippen LogP contribution is 2.45. The largest absolute Gasteiger partial charge is 0.283 e. The Hall–Kier alpha value is -1.23. The van der Waals surface area contributed by atoms with E-state index in [-0.39, 0.29) is 5.56 Å². The third-order valence-electron chi connectivity index (χ3n) is 3.26. The summed E-state index contributed by atoms with van der Waals surface area (Å²) < 4.78 is 0.777. The molecule has 2 aliphatic carbocycles. The Bertz CT molecular complexity index is 622. The molecule has 4 rings (SSSR count). The van der Waals surface area contributed by atoms with Crippen LogP contribution in [0.15, 0.2) is 4.79 Å². The third kappa shape index (κ3) is 1.24. The molecule has 0 amide bonds. The van der Waals surface area contributed by atoms with Crippen molar-refractivity contribution in [2.24, 2.45) is 0 Å². The molecule has 1 N–H and O–H groups in total. The zero-order valence-corrected chi connectivity index (χ0v) is 9.51. The fourth-order valence-electron chi connectivity index (χ4n) is 2.03. The van der Waals surface area contributed by atoms with E-state index < -0.39 is 0 Å². The lowest BCUT2D eigenvalue weighted by Gasteiger charge is -1.95. The highest BCUT2D eigenvalue weighted by Gasteiger charge is 2.32. The Kier molecular flexibility index (Phi) is 1.61. The van der Waals surface area contributed by atoms with Crippen molar-refractivity contribution in [1.29, 1.82) is 0 Å². The maximum atomic E-state index is 11.7. The number of aromatic amines is 1. The summed E-state index contributed by atoms with van der Waals surface area (Å²) in [6.07, 6.45) is 4.82. The van der Waals surface area contributed by atoms with Gasteiger partial charge in [0.1, 0.15) is 10.2 Å². The fourth-order valence-corrected chi connectivity index (χ4v) is 3.16. The molecule has 2 aromatic rings. The van der Waals surface area contributed by atoms with E-state index in [1.54, 1.807) is 11.3 Å². The van der Waals surface area contributed by atoms with Crippen LogP contribution in [0.25, 0.3) is 10.2 Å². The summed E-state index contributed by atoms with van der Waals surface area (Å²) in [6.45, 7) is 0. The molecular formula is C11H11N3OS. The molecule has 0 radical (unpaired) electrons. The van der Waals surface area contributed by atoms with Gasteiger partial charge in [0.2, 0.25) is 0 Å². The number of nitrogens with one attached hydrogen (secondary N) is 1. The van der Waals surface area contributed by atoms with Crippen molar-refractivity contribution in [1.82, 2.24) is 15.2 Å². The number of nitrogens with zero attached hydrogens (tertiary/aromatic N) is 2. The Morgan fingerprint density at radius 2 is 1.94 bits per heavy atom. The number of aromatic nitrogens is 3. The first-order valence-electron chi connectivity index (χ1n) is 5.72. The van der Waals surface area contributed by atoms with Crippen molar-refractivity contribution in [2.45, 2.75) is 37.5 Å². The molecule has 2 fully saturated rings. The van der Waals surface area contributed by atoms with Gasteiger partial charge in [-0.25, -0.2) is 10.1 Å². The maximum Gasteiger partial charge on any atom is 0.283 e. The Balaban J connectivity index is 2.01. The van der Waals surface area contributed by atoms with E-state index in [4.69, 9.17) is 0 Å². The van der Waals surface area contributed by atoms with Crippen LogP contribution in [0.2, 0.25) is 0 Å². The van der Waals surface area contributed by atoms with E-state index in [0.29, 0.717) is 11.8 Å². The monoisotopic (exact) mass is 233 g/mol. The minimum atomic E-state index is -0.0798. The van der Waals surface area contributed by atoms with E-state index in [9.17, 15) is 4.79 Å². The summed E-state index contributed by atoms with van der Waals surface area (Å²) >= 11 is 1.56. The van der Waals surface area contributed by atoms with Gasteiger partial charge in [-0.05, 0) is 25.7 Å². The smallest absolute Gasteiger partial charge is 0.266 e. The zero-order chi connectivity index (χ0) is 10.7. The van der Waals surface area contributed by atoms with Crippen molar-refractivity contribution in [3.05, 3.63) is 21.1 Å². The number of hydrogen-bond acceptors (Lipinski definition) is 4. The normalized spacial score (nSPS) is 20.5. The van der Waals surface area contributed by atoms with Crippen LogP contribution >= 0.6 is 11.3 Å². The van der Waals surface area contributed by atoms with Gasteiger partial charge in [0, 0.05) is 11.8 Å². The molecule has 0 spiro atoms. The molecule has 0 unspecified atom stereocenters. The molecule has 0 aliphatic heterocycles. The molecule has 2 aromatic heterocycles. The second-order valence-electron chi connectivity index (χ2n) is 4.72. The predicted octanol–water partition coefficient (Wildman–Crippen LogP) is 2.13. The van der Waals surface area contributed by atoms with Crippen molar-refractivity contribution in [3.8, 4) is 0 Å². The molecule has 2 saturated carbocycles. The highest BCUT2D eigenvalue weighted by atomic mass is 32.1. The lowest BCUT2D eigenvalue weighted by atomic mass is 10.2. The maximum absolute atomic E-state index is 11.7. The van der Waals surface area contributed by atoms with Crippen LogP contribution < -0.4 is 5.56 Å². The van der Waals surface area contributed by atoms with Crippen LogP contribution in [0, 0.1) is 0 Å². The van der Waals surface area contributed by atoms with Gasteiger partial charge in [0.15, 0.2) is 0 Å². The van der Waals surface area contributed by atoms with Crippen LogP contribution in [0.5, 0.6) is 0 Å². The molecule has 0 saturated heterocycles. The first-order chi connectivity index (χ1) is 7.83. The van der Waals surface area contributed by atoms with Gasteiger partial charge in [-0.2, -0.15) is 5.10 Å². The number of H-pyrrole nitrogens is 1. The average Bonchev–Trinajstić information content (AvgIpc) is 3.16. The molecule has 2 aliphatic rings. The van der Waals surface area contributed by atoms with Gasteiger partial charge in [-0.3, -0.25) is 4.79 Å². The summed E-state index contributed by atoms with van der Waals surface area (Å²) in [5.41, 5.74) is 1.81. The topological polar surface area (TPSA) is 58.6 Å². The Morgan fingerprint density at radius 3 is 2.62 bits per heavy atom. The molecule has 4 nitrogen and oxygen atoms in total. The summed E-state index contributed by atoms with van der Waals surface area (Å²) in [5.74, 6) is 1.15. The molecular weight excluding hydrogens is 222 g/mol. The molecule has 82 valence electrons. The van der Waals surface area contributed by atoms with Crippen LogP contribution in [0.3, 0.4) is 0 Å². The lowest BCUT2D eigenvalue weighted by molar-refractivity contribution is 0.906. The van der Waals surface area contributed by atoms with E-state index in [1.165, 1.54) is 25.7 Å². The van der Waals surface area contributed by atoms with Crippen LogP contribution in [0.4, 0.5) is 0 Å². The van der Waals surface area contributed by atoms with Gasteiger partial charge in [0.25, 0.3) is 5.56 Å². The van der Waals surface area contributed by atoms with E-state index in [1.807, 2.05) is 0 Å².